The highest BCUT2D eigenvalue weighted by molar-refractivity contribution is 7.71. The number of rotatable bonds is 7. The summed E-state index contributed by atoms with van der Waals surface area (Å²) in [7, 11) is 0. The van der Waals surface area contributed by atoms with Gasteiger partial charge in [0.2, 0.25) is 0 Å². The second-order valence-electron chi connectivity index (χ2n) is 6.60. The van der Waals surface area contributed by atoms with Gasteiger partial charge < -0.3 is 9.88 Å². The van der Waals surface area contributed by atoms with Gasteiger partial charge in [-0.2, -0.15) is 5.10 Å². The zero-order chi connectivity index (χ0) is 19.4. The van der Waals surface area contributed by atoms with E-state index < -0.39 is 0 Å². The van der Waals surface area contributed by atoms with Crippen molar-refractivity contribution in [1.82, 2.24) is 25.1 Å². The number of thiazole rings is 1. The summed E-state index contributed by atoms with van der Waals surface area (Å²) >= 11 is 6.71. The lowest BCUT2D eigenvalue weighted by molar-refractivity contribution is 0.0957. The Kier molecular flexibility index (Phi) is 6.18. The van der Waals surface area contributed by atoms with Gasteiger partial charge in [-0.3, -0.25) is 9.89 Å². The molecule has 2 aromatic heterocycles. The second-order valence-corrected chi connectivity index (χ2v) is 8.07. The molecule has 0 unspecified atom stereocenters. The van der Waals surface area contributed by atoms with E-state index in [0.717, 1.165) is 22.9 Å². The van der Waals surface area contributed by atoms with E-state index in [0.29, 0.717) is 22.6 Å². The smallest absolute Gasteiger partial charge is 0.263 e. The van der Waals surface area contributed by atoms with E-state index in [-0.39, 0.29) is 11.9 Å². The molecule has 0 spiro atoms. The molecule has 0 saturated heterocycles. The SMILES string of the molecule is Cc1nc(Cc2ccccc2)sc1C(=O)NCCc1n[nH]c(=S)n1C(C)C. The molecular weight excluding hydrogens is 378 g/mol. The lowest BCUT2D eigenvalue weighted by Gasteiger charge is -2.10. The van der Waals surface area contributed by atoms with Crippen LogP contribution in [0.4, 0.5) is 0 Å². The predicted molar refractivity (Wildman–Crippen MR) is 110 cm³/mol. The molecule has 0 radical (unpaired) electrons. The van der Waals surface area contributed by atoms with Crippen LogP contribution in [-0.4, -0.2) is 32.2 Å². The van der Waals surface area contributed by atoms with Gasteiger partial charge in [-0.1, -0.05) is 30.3 Å². The molecule has 2 N–H and O–H groups in total. The Bertz CT molecular complexity index is 972. The highest BCUT2D eigenvalue weighted by Crippen LogP contribution is 2.21. The van der Waals surface area contributed by atoms with Gasteiger partial charge >= 0.3 is 0 Å². The van der Waals surface area contributed by atoms with Crippen LogP contribution in [0.3, 0.4) is 0 Å². The summed E-state index contributed by atoms with van der Waals surface area (Å²) in [6.45, 7) is 6.49. The van der Waals surface area contributed by atoms with Crippen LogP contribution < -0.4 is 5.32 Å². The fraction of sp³-hybridized carbons (Fsp3) is 0.368. The fourth-order valence-corrected chi connectivity index (χ4v) is 4.30. The monoisotopic (exact) mass is 401 g/mol. The molecule has 2 heterocycles. The molecule has 142 valence electrons. The summed E-state index contributed by atoms with van der Waals surface area (Å²) in [5, 5.41) is 11.0. The van der Waals surface area contributed by atoms with Crippen molar-refractivity contribution >= 4 is 29.5 Å². The summed E-state index contributed by atoms with van der Waals surface area (Å²) in [5.74, 6) is 0.760. The Labute approximate surface area is 167 Å². The summed E-state index contributed by atoms with van der Waals surface area (Å²) < 4.78 is 2.58. The van der Waals surface area contributed by atoms with E-state index in [2.05, 4.69) is 46.5 Å². The third kappa shape index (κ3) is 4.70. The van der Waals surface area contributed by atoms with Gasteiger partial charge in [0.1, 0.15) is 10.7 Å². The van der Waals surface area contributed by atoms with Gasteiger partial charge in [-0.15, -0.1) is 11.3 Å². The minimum Gasteiger partial charge on any atom is -0.351 e. The number of aromatic amines is 1. The van der Waals surface area contributed by atoms with Crippen LogP contribution in [0.2, 0.25) is 0 Å². The zero-order valence-corrected chi connectivity index (χ0v) is 17.3. The quantitative estimate of drug-likeness (QED) is 0.590. The van der Waals surface area contributed by atoms with Crippen LogP contribution in [0.1, 0.15) is 51.7 Å². The van der Waals surface area contributed by atoms with Crippen molar-refractivity contribution in [3.63, 3.8) is 0 Å². The van der Waals surface area contributed by atoms with Crippen LogP contribution in [0.15, 0.2) is 30.3 Å². The average molecular weight is 402 g/mol. The van der Waals surface area contributed by atoms with E-state index in [4.69, 9.17) is 12.2 Å². The lowest BCUT2D eigenvalue weighted by Crippen LogP contribution is -2.26. The minimum atomic E-state index is -0.0884. The number of carbonyl (C=O) groups excluding carboxylic acids is 1. The molecule has 3 aromatic rings. The highest BCUT2D eigenvalue weighted by atomic mass is 32.1. The van der Waals surface area contributed by atoms with Crippen molar-refractivity contribution in [1.29, 1.82) is 0 Å². The number of carbonyl (C=O) groups is 1. The van der Waals surface area contributed by atoms with Gasteiger partial charge in [0.15, 0.2) is 4.77 Å². The molecule has 0 saturated carbocycles. The largest absolute Gasteiger partial charge is 0.351 e. The second kappa shape index (κ2) is 8.58. The van der Waals surface area contributed by atoms with Gasteiger partial charge in [0.05, 0.1) is 10.7 Å². The number of H-pyrrole nitrogens is 1. The maximum atomic E-state index is 12.5. The molecule has 0 fully saturated rings. The zero-order valence-electron chi connectivity index (χ0n) is 15.7. The van der Waals surface area contributed by atoms with Crippen molar-refractivity contribution < 1.29 is 4.79 Å². The first-order valence-electron chi connectivity index (χ1n) is 8.90. The number of benzene rings is 1. The van der Waals surface area contributed by atoms with Gasteiger partial charge in [0.25, 0.3) is 5.91 Å². The van der Waals surface area contributed by atoms with Crippen molar-refractivity contribution in [2.24, 2.45) is 0 Å². The predicted octanol–water partition coefficient (Wildman–Crippen LogP) is 3.85. The number of aromatic nitrogens is 4. The third-order valence-corrected chi connectivity index (χ3v) is 5.62. The van der Waals surface area contributed by atoms with Crippen LogP contribution in [0.5, 0.6) is 0 Å². The van der Waals surface area contributed by atoms with E-state index in [1.807, 2.05) is 29.7 Å². The van der Waals surface area contributed by atoms with E-state index in [1.165, 1.54) is 16.9 Å². The molecule has 0 aliphatic carbocycles. The first-order chi connectivity index (χ1) is 13.0. The summed E-state index contributed by atoms with van der Waals surface area (Å²) in [6, 6.07) is 10.4. The van der Waals surface area contributed by atoms with E-state index >= 15 is 0 Å². The Hall–Kier alpha value is -2.32. The van der Waals surface area contributed by atoms with Crippen LogP contribution >= 0.6 is 23.6 Å². The molecule has 3 rings (SSSR count). The molecule has 27 heavy (non-hydrogen) atoms. The number of amides is 1. The maximum Gasteiger partial charge on any atom is 0.263 e. The Morgan fingerprint density at radius 1 is 1.33 bits per heavy atom. The van der Waals surface area contributed by atoms with Crippen LogP contribution in [-0.2, 0) is 12.8 Å². The molecular formula is C19H23N5OS2. The van der Waals surface area contributed by atoms with Crippen molar-refractivity contribution in [2.45, 2.75) is 39.7 Å². The van der Waals surface area contributed by atoms with Crippen molar-refractivity contribution in [3.8, 4) is 0 Å². The third-order valence-electron chi connectivity index (χ3n) is 4.17. The highest BCUT2D eigenvalue weighted by Gasteiger charge is 2.16. The molecule has 8 heteroatoms. The van der Waals surface area contributed by atoms with E-state index in [1.54, 1.807) is 0 Å². The molecule has 0 atom stereocenters. The first-order valence-corrected chi connectivity index (χ1v) is 10.1. The number of hydrogen-bond donors (Lipinski definition) is 2. The number of nitrogens with zero attached hydrogens (tertiary/aromatic N) is 3. The lowest BCUT2D eigenvalue weighted by atomic mass is 10.2. The Morgan fingerprint density at radius 2 is 2.07 bits per heavy atom. The minimum absolute atomic E-state index is 0.0884. The maximum absolute atomic E-state index is 12.5. The molecule has 0 aliphatic heterocycles. The van der Waals surface area contributed by atoms with Crippen LogP contribution in [0.25, 0.3) is 0 Å². The molecule has 1 aromatic carbocycles. The summed E-state index contributed by atoms with van der Waals surface area (Å²) in [4.78, 5) is 17.8. The topological polar surface area (TPSA) is 75.6 Å². The standard InChI is InChI=1S/C19H23N5OS2/c1-12(2)24-15(22-23-19(24)26)9-10-20-18(25)17-13(3)21-16(27-17)11-14-7-5-4-6-8-14/h4-8,12H,9-11H2,1-3H3,(H,20,25)(H,23,26). The first kappa shape index (κ1) is 19.4. The normalized spacial score (nSPS) is 11.1. The molecule has 1 amide bonds. The average Bonchev–Trinajstić information content (AvgIpc) is 3.18. The van der Waals surface area contributed by atoms with E-state index in [9.17, 15) is 4.79 Å². The molecule has 0 bridgehead atoms. The van der Waals surface area contributed by atoms with Crippen molar-refractivity contribution in [3.05, 3.63) is 62.1 Å². The van der Waals surface area contributed by atoms with Gasteiger partial charge in [-0.25, -0.2) is 4.98 Å². The Morgan fingerprint density at radius 3 is 2.78 bits per heavy atom. The summed E-state index contributed by atoms with van der Waals surface area (Å²) in [6.07, 6.45) is 1.36. The van der Waals surface area contributed by atoms with Gasteiger partial charge in [-0.05, 0) is 38.6 Å². The fourth-order valence-electron chi connectivity index (χ4n) is 2.92. The molecule has 0 aliphatic rings. The molecule has 6 nitrogen and oxygen atoms in total. The van der Waals surface area contributed by atoms with Gasteiger partial charge in [0, 0.05) is 25.4 Å². The number of hydrogen-bond acceptors (Lipinski definition) is 5. The number of aryl methyl sites for hydroxylation is 1. The Balaban J connectivity index is 1.61. The number of nitrogens with one attached hydrogen (secondary N) is 2. The van der Waals surface area contributed by atoms with Crippen LogP contribution in [0, 0.1) is 11.7 Å². The summed E-state index contributed by atoms with van der Waals surface area (Å²) in [5.41, 5.74) is 1.96. The van der Waals surface area contributed by atoms with Crippen molar-refractivity contribution in [2.75, 3.05) is 6.54 Å².